The van der Waals surface area contributed by atoms with Crippen LogP contribution in [0.25, 0.3) is 0 Å². The lowest BCUT2D eigenvalue weighted by Crippen LogP contribution is -2.37. The van der Waals surface area contributed by atoms with Crippen LogP contribution in [0, 0.1) is 0 Å². The first-order valence-electron chi connectivity index (χ1n) is 9.26. The molecule has 8 heteroatoms. The van der Waals surface area contributed by atoms with Gasteiger partial charge in [-0.25, -0.2) is 9.78 Å². The van der Waals surface area contributed by atoms with Gasteiger partial charge in [0.05, 0.1) is 12.2 Å². The SMILES string of the molecule is CC(C)(C)OC(=O)N1CCC[C@H]1c1ncc(Br)n1COCC[Si](C)(C)C. The summed E-state index contributed by atoms with van der Waals surface area (Å²) in [6.07, 6.45) is 3.34. The molecule has 0 aromatic carbocycles. The number of hydrogen-bond acceptors (Lipinski definition) is 4. The van der Waals surface area contributed by atoms with Crippen molar-refractivity contribution in [2.24, 2.45) is 0 Å². The summed E-state index contributed by atoms with van der Waals surface area (Å²) in [5, 5.41) is 0. The van der Waals surface area contributed by atoms with E-state index in [1.54, 1.807) is 11.1 Å². The first-order chi connectivity index (χ1) is 12.0. The van der Waals surface area contributed by atoms with Crippen LogP contribution in [0.1, 0.15) is 45.5 Å². The average Bonchev–Trinajstić information content (AvgIpc) is 3.07. The van der Waals surface area contributed by atoms with E-state index < -0.39 is 13.7 Å². The van der Waals surface area contributed by atoms with Crippen molar-refractivity contribution in [1.29, 1.82) is 0 Å². The second-order valence-electron chi connectivity index (χ2n) is 9.05. The first kappa shape index (κ1) is 21.4. The molecule has 1 aromatic heterocycles. The Bertz CT molecular complexity index is 622. The van der Waals surface area contributed by atoms with Crippen LogP contribution in [0.2, 0.25) is 25.7 Å². The van der Waals surface area contributed by atoms with Crippen LogP contribution in [-0.2, 0) is 16.2 Å². The maximum absolute atomic E-state index is 12.6. The van der Waals surface area contributed by atoms with E-state index in [9.17, 15) is 4.79 Å². The number of amides is 1. The van der Waals surface area contributed by atoms with Gasteiger partial charge in [0.25, 0.3) is 0 Å². The number of rotatable bonds is 6. The van der Waals surface area contributed by atoms with Gasteiger partial charge < -0.3 is 9.47 Å². The van der Waals surface area contributed by atoms with E-state index in [0.29, 0.717) is 13.3 Å². The summed E-state index contributed by atoms with van der Waals surface area (Å²) in [7, 11) is -1.11. The van der Waals surface area contributed by atoms with Crippen LogP contribution in [0.3, 0.4) is 0 Å². The number of carbonyl (C=O) groups excluding carboxylic acids is 1. The zero-order valence-corrected chi connectivity index (χ0v) is 19.4. The number of nitrogens with zero attached hydrogens (tertiary/aromatic N) is 3. The van der Waals surface area contributed by atoms with Crippen molar-refractivity contribution in [2.75, 3.05) is 13.2 Å². The second-order valence-corrected chi connectivity index (χ2v) is 15.5. The van der Waals surface area contributed by atoms with E-state index >= 15 is 0 Å². The molecule has 1 amide bonds. The van der Waals surface area contributed by atoms with Crippen molar-refractivity contribution in [3.8, 4) is 0 Å². The summed E-state index contributed by atoms with van der Waals surface area (Å²) >= 11 is 3.56. The largest absolute Gasteiger partial charge is 0.444 e. The van der Waals surface area contributed by atoms with Crippen LogP contribution < -0.4 is 0 Å². The van der Waals surface area contributed by atoms with Crippen molar-refractivity contribution in [2.45, 2.75) is 77.7 Å². The highest BCUT2D eigenvalue weighted by Crippen LogP contribution is 2.33. The van der Waals surface area contributed by atoms with Gasteiger partial charge in [0.15, 0.2) is 0 Å². The number of halogens is 1. The van der Waals surface area contributed by atoms with Crippen LogP contribution in [-0.4, -0.2) is 47.4 Å². The fourth-order valence-electron chi connectivity index (χ4n) is 2.87. The van der Waals surface area contributed by atoms with Crippen molar-refractivity contribution < 1.29 is 14.3 Å². The molecule has 0 aliphatic carbocycles. The molecule has 26 heavy (non-hydrogen) atoms. The van der Waals surface area contributed by atoms with Crippen molar-refractivity contribution in [3.63, 3.8) is 0 Å². The molecule has 0 N–H and O–H groups in total. The van der Waals surface area contributed by atoms with Crippen LogP contribution in [0.5, 0.6) is 0 Å². The van der Waals surface area contributed by atoms with Crippen molar-refractivity contribution in [1.82, 2.24) is 14.5 Å². The number of ether oxygens (including phenoxy) is 2. The highest BCUT2D eigenvalue weighted by Gasteiger charge is 2.36. The minimum absolute atomic E-state index is 0.0725. The van der Waals surface area contributed by atoms with E-state index in [2.05, 4.69) is 40.6 Å². The van der Waals surface area contributed by atoms with Crippen LogP contribution >= 0.6 is 15.9 Å². The Labute approximate surface area is 166 Å². The van der Waals surface area contributed by atoms with E-state index in [0.717, 1.165) is 35.9 Å². The molecule has 0 spiro atoms. The summed E-state index contributed by atoms with van der Waals surface area (Å²) in [5.74, 6) is 0.855. The molecule has 1 aromatic rings. The third kappa shape index (κ3) is 6.09. The van der Waals surface area contributed by atoms with E-state index in [-0.39, 0.29) is 12.1 Å². The molecule has 1 aliphatic rings. The fourth-order valence-corrected chi connectivity index (χ4v) is 4.01. The maximum Gasteiger partial charge on any atom is 0.410 e. The third-order valence-electron chi connectivity index (χ3n) is 4.23. The summed E-state index contributed by atoms with van der Waals surface area (Å²) in [4.78, 5) is 18.9. The average molecular weight is 446 g/mol. The molecule has 1 aliphatic heterocycles. The standard InChI is InChI=1S/C18H32BrN3O3Si/c1-18(2,3)25-17(23)21-9-7-8-14(21)16-20-12-15(19)22(16)13-24-10-11-26(4,5)6/h12,14H,7-11,13H2,1-6H3/t14-/m0/s1. The van der Waals surface area contributed by atoms with Gasteiger partial charge in [-0.1, -0.05) is 19.6 Å². The minimum Gasteiger partial charge on any atom is -0.444 e. The predicted octanol–water partition coefficient (Wildman–Crippen LogP) is 5.03. The quantitative estimate of drug-likeness (QED) is 0.454. The lowest BCUT2D eigenvalue weighted by molar-refractivity contribution is 0.0203. The van der Waals surface area contributed by atoms with Crippen molar-refractivity contribution >= 4 is 30.1 Å². The molecule has 2 rings (SSSR count). The van der Waals surface area contributed by atoms with Crippen molar-refractivity contribution in [3.05, 3.63) is 16.6 Å². The van der Waals surface area contributed by atoms with Gasteiger partial charge >= 0.3 is 6.09 Å². The number of imidazole rings is 1. The van der Waals surface area contributed by atoms with E-state index in [4.69, 9.17) is 9.47 Å². The van der Waals surface area contributed by atoms with Gasteiger partial charge in [0, 0.05) is 21.2 Å². The molecule has 6 nitrogen and oxygen atoms in total. The topological polar surface area (TPSA) is 56.6 Å². The molecule has 0 bridgehead atoms. The summed E-state index contributed by atoms with van der Waals surface area (Å²) in [6.45, 7) is 14.6. The molecule has 0 unspecified atom stereocenters. The third-order valence-corrected chi connectivity index (χ3v) is 6.57. The lowest BCUT2D eigenvalue weighted by atomic mass is 10.2. The summed E-state index contributed by atoms with van der Waals surface area (Å²) < 4.78 is 14.4. The lowest BCUT2D eigenvalue weighted by Gasteiger charge is -2.28. The molecule has 0 saturated carbocycles. The van der Waals surface area contributed by atoms with Gasteiger partial charge in [0.1, 0.15) is 22.8 Å². The Kier molecular flexibility index (Phi) is 6.96. The molecule has 1 fully saturated rings. The molecule has 1 saturated heterocycles. The highest BCUT2D eigenvalue weighted by molar-refractivity contribution is 9.10. The van der Waals surface area contributed by atoms with Gasteiger partial charge in [0.2, 0.25) is 0 Å². The molecular weight excluding hydrogens is 414 g/mol. The van der Waals surface area contributed by atoms with E-state index in [1.807, 2.05) is 25.3 Å². The maximum atomic E-state index is 12.6. The molecule has 148 valence electrons. The van der Waals surface area contributed by atoms with Gasteiger partial charge in [-0.05, 0) is 55.6 Å². The number of hydrogen-bond donors (Lipinski definition) is 0. The summed E-state index contributed by atoms with van der Waals surface area (Å²) in [5.41, 5.74) is -0.500. The Morgan fingerprint density at radius 2 is 2.08 bits per heavy atom. The molecule has 2 heterocycles. The van der Waals surface area contributed by atoms with Gasteiger partial charge in [-0.15, -0.1) is 0 Å². The normalized spacial score (nSPS) is 18.4. The van der Waals surface area contributed by atoms with Crippen LogP contribution in [0.4, 0.5) is 4.79 Å². The zero-order valence-electron chi connectivity index (χ0n) is 16.8. The van der Waals surface area contributed by atoms with E-state index in [1.165, 1.54) is 0 Å². The Morgan fingerprint density at radius 1 is 1.38 bits per heavy atom. The Morgan fingerprint density at radius 3 is 2.69 bits per heavy atom. The first-order valence-corrected chi connectivity index (χ1v) is 13.8. The highest BCUT2D eigenvalue weighted by atomic mass is 79.9. The number of carbonyl (C=O) groups is 1. The number of likely N-dealkylation sites (tertiary alicyclic amines) is 1. The van der Waals surface area contributed by atoms with Gasteiger partial charge in [-0.3, -0.25) is 9.47 Å². The molecule has 0 radical (unpaired) electrons. The predicted molar refractivity (Wildman–Crippen MR) is 109 cm³/mol. The van der Waals surface area contributed by atoms with Crippen LogP contribution in [0.15, 0.2) is 10.8 Å². The molecule has 1 atom stereocenters. The second kappa shape index (κ2) is 8.44. The summed E-state index contributed by atoms with van der Waals surface area (Å²) in [6, 6.07) is 1.05. The fraction of sp³-hybridized carbons (Fsp3) is 0.778. The van der Waals surface area contributed by atoms with Gasteiger partial charge in [-0.2, -0.15) is 0 Å². The Hall–Kier alpha value is -0.863. The smallest absolute Gasteiger partial charge is 0.410 e. The zero-order chi connectivity index (χ0) is 19.5. The number of aromatic nitrogens is 2. The monoisotopic (exact) mass is 445 g/mol. The molecular formula is C18H32BrN3O3Si. The Balaban J connectivity index is 2.07. The minimum atomic E-state index is -1.11.